The molecule has 4 rings (SSSR count). The van der Waals surface area contributed by atoms with Crippen molar-refractivity contribution in [3.63, 3.8) is 0 Å². The highest BCUT2D eigenvalue weighted by atomic mass is 32.1. The molecule has 1 N–H and O–H groups in total. The number of amides is 1. The van der Waals surface area contributed by atoms with Gasteiger partial charge in [0.05, 0.1) is 36.9 Å². The van der Waals surface area contributed by atoms with E-state index in [4.69, 9.17) is 13.8 Å². The summed E-state index contributed by atoms with van der Waals surface area (Å²) in [6.07, 6.45) is 1.61. The third kappa shape index (κ3) is 6.88. The number of thiophene rings is 1. The maximum absolute atomic E-state index is 13.2. The molecule has 0 bridgehead atoms. The second-order valence-corrected chi connectivity index (χ2v) is 11.3. The summed E-state index contributed by atoms with van der Waals surface area (Å²) in [6, 6.07) is 18.2. The summed E-state index contributed by atoms with van der Waals surface area (Å²) in [7, 11) is -3.47. The molecule has 0 unspecified atom stereocenters. The average Bonchev–Trinajstić information content (AvgIpc) is 3.57. The summed E-state index contributed by atoms with van der Waals surface area (Å²) in [6.45, 7) is 5.79. The predicted octanol–water partition coefficient (Wildman–Crippen LogP) is 5.38. The van der Waals surface area contributed by atoms with Crippen molar-refractivity contribution >= 4 is 41.1 Å². The molecule has 39 heavy (non-hydrogen) atoms. The van der Waals surface area contributed by atoms with Crippen LogP contribution in [0.5, 0.6) is 0 Å². The van der Waals surface area contributed by atoms with E-state index >= 15 is 0 Å². The molecular weight excluding hydrogens is 539 g/mol. The van der Waals surface area contributed by atoms with Crippen molar-refractivity contribution in [2.75, 3.05) is 25.1 Å². The lowest BCUT2D eigenvalue weighted by Crippen LogP contribution is -2.20. The Morgan fingerprint density at radius 3 is 2.36 bits per heavy atom. The molecule has 2 aromatic carbocycles. The first kappa shape index (κ1) is 28.4. The van der Waals surface area contributed by atoms with E-state index in [2.05, 4.69) is 15.6 Å². The van der Waals surface area contributed by atoms with Gasteiger partial charge in [0.2, 0.25) is 5.91 Å². The molecule has 12 heteroatoms. The standard InChI is InChI=1S/C27H29N4O6PS/c1-4-35-27(33)22-16-24(19-11-8-7-9-12-19)39-26(22)28-25(32)18-31-17-23(29-30-31)20-13-10-14-21(15-20)38(34,36-5-2)37-6-3/h7-17H,4-6,18H2,1-3H3,(H,28,32). The summed E-state index contributed by atoms with van der Waals surface area (Å²) in [5, 5.41) is 11.9. The first-order chi connectivity index (χ1) is 18.9. The van der Waals surface area contributed by atoms with Crippen LogP contribution >= 0.6 is 18.9 Å². The highest BCUT2D eigenvalue weighted by Gasteiger charge is 2.27. The van der Waals surface area contributed by atoms with E-state index < -0.39 is 13.6 Å². The van der Waals surface area contributed by atoms with Crippen molar-refractivity contribution in [2.24, 2.45) is 0 Å². The average molecular weight is 569 g/mol. The number of esters is 1. The number of anilines is 1. The topological polar surface area (TPSA) is 122 Å². The first-order valence-corrected chi connectivity index (χ1v) is 14.8. The van der Waals surface area contributed by atoms with E-state index in [-0.39, 0.29) is 37.8 Å². The van der Waals surface area contributed by atoms with Crippen molar-refractivity contribution in [2.45, 2.75) is 27.3 Å². The molecule has 0 saturated carbocycles. The van der Waals surface area contributed by atoms with Crippen LogP contribution in [0, 0.1) is 0 Å². The fraction of sp³-hybridized carbons (Fsp3) is 0.259. The lowest BCUT2D eigenvalue weighted by molar-refractivity contribution is -0.116. The van der Waals surface area contributed by atoms with Crippen LogP contribution in [0.2, 0.25) is 0 Å². The van der Waals surface area contributed by atoms with Crippen molar-refractivity contribution in [1.29, 1.82) is 0 Å². The molecule has 0 atom stereocenters. The smallest absolute Gasteiger partial charge is 0.361 e. The number of aromatic nitrogens is 3. The minimum atomic E-state index is -3.47. The molecule has 0 aliphatic carbocycles. The fourth-order valence-electron chi connectivity index (χ4n) is 3.77. The number of nitrogens with one attached hydrogen (secondary N) is 1. The number of ether oxygens (including phenoxy) is 1. The number of carbonyl (C=O) groups excluding carboxylic acids is 2. The van der Waals surface area contributed by atoms with Crippen LogP contribution in [0.3, 0.4) is 0 Å². The maximum Gasteiger partial charge on any atom is 0.361 e. The van der Waals surface area contributed by atoms with Gasteiger partial charge in [0.1, 0.15) is 17.2 Å². The van der Waals surface area contributed by atoms with Crippen LogP contribution in [0.1, 0.15) is 31.1 Å². The van der Waals surface area contributed by atoms with Crippen LogP contribution in [-0.2, 0) is 29.7 Å². The predicted molar refractivity (Wildman–Crippen MR) is 150 cm³/mol. The quantitative estimate of drug-likeness (QED) is 0.179. The Kier molecular flexibility index (Phi) is 9.42. The zero-order valence-electron chi connectivity index (χ0n) is 21.8. The Bertz CT molecular complexity index is 1480. The molecule has 0 saturated heterocycles. The molecule has 0 aliphatic rings. The molecule has 2 heterocycles. The van der Waals surface area contributed by atoms with Gasteiger partial charge in [0.15, 0.2) is 0 Å². The highest BCUT2D eigenvalue weighted by molar-refractivity contribution is 7.62. The van der Waals surface area contributed by atoms with Gasteiger partial charge in [-0.2, -0.15) is 0 Å². The van der Waals surface area contributed by atoms with Crippen molar-refractivity contribution in [1.82, 2.24) is 15.0 Å². The van der Waals surface area contributed by atoms with E-state index in [9.17, 15) is 14.2 Å². The zero-order valence-corrected chi connectivity index (χ0v) is 23.5. The van der Waals surface area contributed by atoms with Crippen molar-refractivity contribution in [3.05, 3.63) is 72.4 Å². The summed E-state index contributed by atoms with van der Waals surface area (Å²) in [4.78, 5) is 26.3. The molecule has 0 radical (unpaired) electrons. The first-order valence-electron chi connectivity index (χ1n) is 12.4. The number of rotatable bonds is 12. The van der Waals surface area contributed by atoms with E-state index in [0.717, 1.165) is 10.4 Å². The lowest BCUT2D eigenvalue weighted by atomic mass is 10.1. The van der Waals surface area contributed by atoms with Gasteiger partial charge < -0.3 is 19.1 Å². The lowest BCUT2D eigenvalue weighted by Gasteiger charge is -2.17. The van der Waals surface area contributed by atoms with Gasteiger partial charge in [-0.3, -0.25) is 9.36 Å². The van der Waals surface area contributed by atoms with Gasteiger partial charge in [-0.1, -0.05) is 47.7 Å². The number of benzene rings is 2. The van der Waals surface area contributed by atoms with E-state index in [1.165, 1.54) is 16.0 Å². The van der Waals surface area contributed by atoms with Crippen LogP contribution in [-0.4, -0.2) is 46.7 Å². The second-order valence-electron chi connectivity index (χ2n) is 8.17. The molecule has 4 aromatic rings. The van der Waals surface area contributed by atoms with Crippen molar-refractivity contribution < 1.29 is 27.9 Å². The van der Waals surface area contributed by atoms with Gasteiger partial charge in [-0.15, -0.1) is 16.4 Å². The Morgan fingerprint density at radius 1 is 0.949 bits per heavy atom. The minimum absolute atomic E-state index is 0.135. The molecule has 0 spiro atoms. The van der Waals surface area contributed by atoms with Crippen LogP contribution in [0.15, 0.2) is 66.9 Å². The third-order valence-electron chi connectivity index (χ3n) is 5.44. The summed E-state index contributed by atoms with van der Waals surface area (Å²) in [5.41, 5.74) is 2.35. The molecule has 0 fully saturated rings. The van der Waals surface area contributed by atoms with Crippen LogP contribution < -0.4 is 10.6 Å². The molecule has 204 valence electrons. The SMILES string of the molecule is CCOC(=O)c1cc(-c2ccccc2)sc1NC(=O)Cn1cc(-c2cccc(P(=O)(OCC)OCC)c2)nn1. The van der Waals surface area contributed by atoms with Gasteiger partial charge in [0.25, 0.3) is 0 Å². The van der Waals surface area contributed by atoms with E-state index in [1.54, 1.807) is 57.3 Å². The number of nitrogens with zero attached hydrogens (tertiary/aromatic N) is 3. The number of hydrogen-bond donors (Lipinski definition) is 1. The molecule has 0 aliphatic heterocycles. The normalized spacial score (nSPS) is 11.4. The Hall–Kier alpha value is -3.63. The number of hydrogen-bond acceptors (Lipinski definition) is 9. The fourth-order valence-corrected chi connectivity index (χ4v) is 6.46. The van der Waals surface area contributed by atoms with Gasteiger partial charge >= 0.3 is 13.6 Å². The molecular formula is C27H29N4O6PS. The molecule has 1 amide bonds. The number of carbonyl (C=O) groups is 2. The van der Waals surface area contributed by atoms with Crippen LogP contribution in [0.25, 0.3) is 21.7 Å². The van der Waals surface area contributed by atoms with Crippen molar-refractivity contribution in [3.8, 4) is 21.7 Å². The van der Waals surface area contributed by atoms with Gasteiger partial charge in [-0.05, 0) is 44.5 Å². The Morgan fingerprint density at radius 2 is 1.67 bits per heavy atom. The third-order valence-corrected chi connectivity index (χ3v) is 8.65. The Balaban J connectivity index is 1.51. The minimum Gasteiger partial charge on any atom is -0.462 e. The van der Waals surface area contributed by atoms with Gasteiger partial charge in [0, 0.05) is 10.4 Å². The maximum atomic E-state index is 13.2. The molecule has 10 nitrogen and oxygen atoms in total. The van der Waals surface area contributed by atoms with Gasteiger partial charge in [-0.25, -0.2) is 9.48 Å². The second kappa shape index (κ2) is 12.9. The summed E-state index contributed by atoms with van der Waals surface area (Å²) < 4.78 is 30.6. The molecule has 2 aromatic heterocycles. The highest BCUT2D eigenvalue weighted by Crippen LogP contribution is 2.47. The summed E-state index contributed by atoms with van der Waals surface area (Å²) in [5.74, 6) is -0.894. The van der Waals surface area contributed by atoms with E-state index in [0.29, 0.717) is 21.6 Å². The zero-order chi connectivity index (χ0) is 27.8. The largest absolute Gasteiger partial charge is 0.462 e. The monoisotopic (exact) mass is 568 g/mol. The van der Waals surface area contributed by atoms with Crippen LogP contribution in [0.4, 0.5) is 5.00 Å². The Labute approximate surface area is 230 Å². The van der Waals surface area contributed by atoms with E-state index in [1.807, 2.05) is 30.3 Å². The summed E-state index contributed by atoms with van der Waals surface area (Å²) >= 11 is 1.29.